The first kappa shape index (κ1) is 14.7. The molecule has 2 aromatic rings. The molecule has 4 rings (SSSR count). The summed E-state index contributed by atoms with van der Waals surface area (Å²) in [5, 5.41) is 0.694. The molecule has 4 nitrogen and oxygen atoms in total. The van der Waals surface area contributed by atoms with Crippen molar-refractivity contribution in [3.63, 3.8) is 0 Å². The maximum atomic E-state index is 12.7. The van der Waals surface area contributed by atoms with Gasteiger partial charge in [0.05, 0.1) is 0 Å². The minimum Gasteiger partial charge on any atom is -0.445 e. The molecule has 0 aromatic heterocycles. The number of benzene rings is 2. The number of rotatable bonds is 0. The van der Waals surface area contributed by atoms with Crippen molar-refractivity contribution in [3.8, 4) is 0 Å². The van der Waals surface area contributed by atoms with E-state index < -0.39 is 0 Å². The Kier molecular flexibility index (Phi) is 2.94. The Bertz CT molecular complexity index is 1270. The molecule has 2 aliphatic rings. The van der Waals surface area contributed by atoms with E-state index in [9.17, 15) is 9.59 Å². The molecule has 0 amide bonds. The Morgan fingerprint density at radius 1 is 0.750 bits per heavy atom. The van der Waals surface area contributed by atoms with Crippen LogP contribution in [0, 0.1) is 10.8 Å². The van der Waals surface area contributed by atoms with E-state index in [0.717, 1.165) is 5.56 Å². The highest BCUT2D eigenvalue weighted by Crippen LogP contribution is 2.26. The second-order valence-electron chi connectivity index (χ2n) is 6.98. The van der Waals surface area contributed by atoms with Gasteiger partial charge in [-0.15, -0.1) is 0 Å². The predicted molar refractivity (Wildman–Crippen MR) is 92.5 cm³/mol. The Morgan fingerprint density at radius 2 is 1.29 bits per heavy atom. The van der Waals surface area contributed by atoms with Gasteiger partial charge in [-0.3, -0.25) is 9.59 Å². The average Bonchev–Trinajstić information content (AvgIpc) is 2.57. The molecule has 0 N–H and O–H groups in total. The fourth-order valence-corrected chi connectivity index (χ4v) is 2.87. The molecule has 120 valence electrons. The van der Waals surface area contributed by atoms with Crippen molar-refractivity contribution in [3.05, 3.63) is 79.3 Å². The van der Waals surface area contributed by atoms with Crippen LogP contribution in [0.4, 0.5) is 0 Å². The number of hydrogen-bond donors (Lipinski definition) is 0. The summed E-state index contributed by atoms with van der Waals surface area (Å²) in [5.74, 6) is 0. The Hall–Kier alpha value is -2.88. The van der Waals surface area contributed by atoms with Gasteiger partial charge < -0.3 is 8.83 Å². The lowest BCUT2D eigenvalue weighted by atomic mass is 9.87. The molecule has 0 bridgehead atoms. The summed E-state index contributed by atoms with van der Waals surface area (Å²) in [6.45, 7) is 6.28. The SMILES string of the molecule is CC(C)(C)c1ccc2oc3c(=O)c4ccccc4c(=O)c=3oc2c1. The van der Waals surface area contributed by atoms with Gasteiger partial charge in [0.2, 0.25) is 21.7 Å². The first-order valence-electron chi connectivity index (χ1n) is 7.79. The highest BCUT2D eigenvalue weighted by Gasteiger charge is 2.17. The summed E-state index contributed by atoms with van der Waals surface area (Å²) in [6, 6.07) is 12.3. The zero-order chi connectivity index (χ0) is 17.1. The quantitative estimate of drug-likeness (QED) is 0.493. The molecule has 0 atom stereocenters. The molecule has 0 radical (unpaired) electrons. The topological polar surface area (TPSA) is 60.4 Å². The zero-order valence-electron chi connectivity index (χ0n) is 13.7. The van der Waals surface area contributed by atoms with Crippen molar-refractivity contribution in [1.29, 1.82) is 0 Å². The molecule has 0 saturated carbocycles. The number of fused-ring (bicyclic) bond motifs is 2. The summed E-state index contributed by atoms with van der Waals surface area (Å²) in [4.78, 5) is 25.3. The number of hydrogen-bond acceptors (Lipinski definition) is 4. The molecule has 1 heterocycles. The first-order valence-corrected chi connectivity index (χ1v) is 7.79. The van der Waals surface area contributed by atoms with Crippen LogP contribution in [0.25, 0.3) is 21.9 Å². The van der Waals surface area contributed by atoms with E-state index in [0.29, 0.717) is 21.9 Å². The Morgan fingerprint density at radius 3 is 1.83 bits per heavy atom. The Balaban J connectivity index is 2.23. The molecule has 2 aromatic carbocycles. The van der Waals surface area contributed by atoms with Gasteiger partial charge >= 0.3 is 0 Å². The van der Waals surface area contributed by atoms with Crippen molar-refractivity contribution in [2.75, 3.05) is 0 Å². The van der Waals surface area contributed by atoms with Crippen molar-refractivity contribution in [2.24, 2.45) is 0 Å². The van der Waals surface area contributed by atoms with Gasteiger partial charge in [0, 0.05) is 10.8 Å². The van der Waals surface area contributed by atoms with Gasteiger partial charge in [-0.1, -0.05) is 51.1 Å². The van der Waals surface area contributed by atoms with Crippen LogP contribution in [0.15, 0.2) is 60.9 Å². The van der Waals surface area contributed by atoms with Gasteiger partial charge in [-0.05, 0) is 23.1 Å². The van der Waals surface area contributed by atoms with Crippen LogP contribution in [-0.4, -0.2) is 0 Å². The lowest BCUT2D eigenvalue weighted by molar-refractivity contribution is 0.465. The van der Waals surface area contributed by atoms with Gasteiger partial charge in [0.1, 0.15) is 0 Å². The predicted octanol–water partition coefficient (Wildman–Crippen LogP) is 3.92. The van der Waals surface area contributed by atoms with E-state index in [1.54, 1.807) is 30.3 Å². The van der Waals surface area contributed by atoms with Crippen LogP contribution in [0.5, 0.6) is 0 Å². The van der Waals surface area contributed by atoms with E-state index in [2.05, 4.69) is 20.8 Å². The molecule has 4 heteroatoms. The molecule has 24 heavy (non-hydrogen) atoms. The molecular formula is C20H16O4. The molecule has 0 spiro atoms. The third kappa shape index (κ3) is 2.07. The first-order chi connectivity index (χ1) is 11.4. The van der Waals surface area contributed by atoms with Crippen LogP contribution in [0.2, 0.25) is 0 Å². The van der Waals surface area contributed by atoms with Crippen LogP contribution in [0.1, 0.15) is 26.3 Å². The van der Waals surface area contributed by atoms with Crippen molar-refractivity contribution < 1.29 is 8.83 Å². The average molecular weight is 320 g/mol. The van der Waals surface area contributed by atoms with E-state index in [1.165, 1.54) is 0 Å². The maximum Gasteiger partial charge on any atom is 0.233 e. The lowest BCUT2D eigenvalue weighted by Gasteiger charge is -2.18. The lowest BCUT2D eigenvalue weighted by Crippen LogP contribution is -2.15. The van der Waals surface area contributed by atoms with E-state index in [-0.39, 0.29) is 27.1 Å². The summed E-state index contributed by atoms with van der Waals surface area (Å²) < 4.78 is 11.5. The van der Waals surface area contributed by atoms with E-state index in [1.807, 2.05) is 12.1 Å². The van der Waals surface area contributed by atoms with Gasteiger partial charge in [0.15, 0.2) is 11.2 Å². The highest BCUT2D eigenvalue weighted by molar-refractivity contribution is 5.82. The van der Waals surface area contributed by atoms with Crippen LogP contribution in [-0.2, 0) is 5.41 Å². The van der Waals surface area contributed by atoms with Gasteiger partial charge in [-0.25, -0.2) is 0 Å². The monoisotopic (exact) mass is 320 g/mol. The van der Waals surface area contributed by atoms with Crippen molar-refractivity contribution in [2.45, 2.75) is 26.2 Å². The van der Waals surface area contributed by atoms with Crippen LogP contribution >= 0.6 is 0 Å². The van der Waals surface area contributed by atoms with Crippen molar-refractivity contribution in [1.82, 2.24) is 0 Å². The fourth-order valence-electron chi connectivity index (χ4n) is 2.87. The van der Waals surface area contributed by atoms with E-state index in [4.69, 9.17) is 8.83 Å². The van der Waals surface area contributed by atoms with Crippen LogP contribution < -0.4 is 10.9 Å². The normalized spacial score (nSPS) is 12.3. The minimum absolute atomic E-state index is 0.0303. The Labute approximate surface area is 137 Å². The molecule has 1 aliphatic carbocycles. The fraction of sp³-hybridized carbons (Fsp3) is 0.200. The van der Waals surface area contributed by atoms with Crippen LogP contribution in [0.3, 0.4) is 0 Å². The molecular weight excluding hydrogens is 304 g/mol. The molecule has 0 fully saturated rings. The molecule has 0 saturated heterocycles. The van der Waals surface area contributed by atoms with E-state index >= 15 is 0 Å². The minimum atomic E-state index is -0.328. The van der Waals surface area contributed by atoms with Gasteiger partial charge in [0.25, 0.3) is 0 Å². The summed E-state index contributed by atoms with van der Waals surface area (Å²) in [6.07, 6.45) is 0. The highest BCUT2D eigenvalue weighted by atomic mass is 16.4. The summed E-state index contributed by atoms with van der Waals surface area (Å²) in [7, 11) is 0. The second kappa shape index (κ2) is 4.81. The standard InChI is InChI=1S/C20H16O4/c1-20(2,3)11-8-9-14-15(10-11)24-19-17(22)13-7-5-4-6-12(13)16(21)18(19)23-14/h4-10H,1-3H3. The third-order valence-corrected chi connectivity index (χ3v) is 4.27. The van der Waals surface area contributed by atoms with Gasteiger partial charge in [-0.2, -0.15) is 0 Å². The zero-order valence-corrected chi connectivity index (χ0v) is 13.7. The molecule has 1 aliphatic heterocycles. The third-order valence-electron chi connectivity index (χ3n) is 4.27. The van der Waals surface area contributed by atoms with Crippen molar-refractivity contribution >= 4 is 21.9 Å². The molecule has 0 unspecified atom stereocenters. The maximum absolute atomic E-state index is 12.7. The second-order valence-corrected chi connectivity index (χ2v) is 6.98. The summed E-state index contributed by atoms with van der Waals surface area (Å²) in [5.41, 5.74) is 1.18. The summed E-state index contributed by atoms with van der Waals surface area (Å²) >= 11 is 0. The largest absolute Gasteiger partial charge is 0.445 e. The smallest absolute Gasteiger partial charge is 0.233 e.